The van der Waals surface area contributed by atoms with Crippen LogP contribution in [0.1, 0.15) is 19.4 Å². The van der Waals surface area contributed by atoms with Crippen LogP contribution in [-0.2, 0) is 9.59 Å². The molecule has 0 aliphatic rings. The molecule has 0 radical (unpaired) electrons. The van der Waals surface area contributed by atoms with Gasteiger partial charge in [0.15, 0.2) is 0 Å². The summed E-state index contributed by atoms with van der Waals surface area (Å²) >= 11 is 3.33. The van der Waals surface area contributed by atoms with Gasteiger partial charge in [0.2, 0.25) is 0 Å². The molecule has 0 atom stereocenters. The Morgan fingerprint density at radius 2 is 1.83 bits per heavy atom. The van der Waals surface area contributed by atoms with Crippen molar-refractivity contribution < 1.29 is 14.7 Å². The minimum Gasteiger partial charge on any atom is -0.478 e. The molecule has 0 spiro atoms. The van der Waals surface area contributed by atoms with Crippen molar-refractivity contribution in [3.63, 3.8) is 0 Å². The molecule has 0 fully saturated rings. The molecule has 0 saturated heterocycles. The summed E-state index contributed by atoms with van der Waals surface area (Å²) in [5.41, 5.74) is 1.86. The summed E-state index contributed by atoms with van der Waals surface area (Å²) in [5, 5.41) is 11.5. The molecule has 0 unspecified atom stereocenters. The van der Waals surface area contributed by atoms with E-state index in [0.29, 0.717) is 5.69 Å². The molecule has 2 N–H and O–H groups in total. The summed E-state index contributed by atoms with van der Waals surface area (Å²) in [5.74, 6) is -1.51. The standard InChI is InChI=1S/C13H14BrNO3/c1-7-4-5-10(14)11(6-7)15-12(16)8(2)9(3)13(17)18/h4-6H,1-3H3,(H,15,16)(H,17,18)/b9-8+. The van der Waals surface area contributed by atoms with Gasteiger partial charge in [0, 0.05) is 15.6 Å². The molecular formula is C13H14BrNO3. The normalized spacial score (nSPS) is 11.8. The van der Waals surface area contributed by atoms with Gasteiger partial charge in [-0.1, -0.05) is 6.07 Å². The van der Waals surface area contributed by atoms with Crippen LogP contribution in [0, 0.1) is 6.92 Å². The van der Waals surface area contributed by atoms with E-state index < -0.39 is 11.9 Å². The van der Waals surface area contributed by atoms with Crippen molar-refractivity contribution in [1.82, 2.24) is 0 Å². The highest BCUT2D eigenvalue weighted by molar-refractivity contribution is 9.10. The number of halogens is 1. The van der Waals surface area contributed by atoms with E-state index in [1.165, 1.54) is 13.8 Å². The van der Waals surface area contributed by atoms with E-state index in [1.54, 1.807) is 0 Å². The van der Waals surface area contributed by atoms with Crippen molar-refractivity contribution >= 4 is 33.5 Å². The first kappa shape index (κ1) is 14.4. The van der Waals surface area contributed by atoms with Crippen LogP contribution in [0.2, 0.25) is 0 Å². The predicted molar refractivity (Wildman–Crippen MR) is 73.5 cm³/mol. The number of nitrogens with one attached hydrogen (secondary N) is 1. The lowest BCUT2D eigenvalue weighted by atomic mass is 10.1. The average Bonchev–Trinajstić information content (AvgIpc) is 2.31. The second-order valence-corrected chi connectivity index (χ2v) is 4.85. The summed E-state index contributed by atoms with van der Waals surface area (Å²) < 4.78 is 0.752. The Labute approximate surface area is 114 Å². The maximum atomic E-state index is 11.9. The lowest BCUT2D eigenvalue weighted by Crippen LogP contribution is -2.16. The summed E-state index contributed by atoms with van der Waals surface area (Å²) in [6, 6.07) is 5.55. The van der Waals surface area contributed by atoms with E-state index in [0.717, 1.165) is 10.0 Å². The molecule has 4 nitrogen and oxygen atoms in total. The van der Waals surface area contributed by atoms with Crippen LogP contribution < -0.4 is 5.32 Å². The Kier molecular flexibility index (Phi) is 4.67. The molecule has 0 aliphatic heterocycles. The highest BCUT2D eigenvalue weighted by Crippen LogP contribution is 2.24. The second-order valence-electron chi connectivity index (χ2n) is 3.99. The minimum absolute atomic E-state index is 0.0382. The first-order valence-corrected chi connectivity index (χ1v) is 6.10. The van der Waals surface area contributed by atoms with Gasteiger partial charge in [0.1, 0.15) is 0 Å². The number of rotatable bonds is 3. The summed E-state index contributed by atoms with van der Waals surface area (Å²) in [6.45, 7) is 4.80. The molecule has 0 saturated carbocycles. The monoisotopic (exact) mass is 311 g/mol. The first-order chi connectivity index (χ1) is 8.32. The van der Waals surface area contributed by atoms with Gasteiger partial charge in [-0.2, -0.15) is 0 Å². The zero-order valence-electron chi connectivity index (χ0n) is 10.4. The van der Waals surface area contributed by atoms with E-state index in [9.17, 15) is 9.59 Å². The lowest BCUT2D eigenvalue weighted by Gasteiger charge is -2.09. The van der Waals surface area contributed by atoms with Gasteiger partial charge < -0.3 is 10.4 Å². The SMILES string of the molecule is C/C(C(=O)O)=C(/C)C(=O)Nc1cc(C)ccc1Br. The van der Waals surface area contributed by atoms with Crippen LogP contribution in [-0.4, -0.2) is 17.0 Å². The van der Waals surface area contributed by atoms with Crippen molar-refractivity contribution in [1.29, 1.82) is 0 Å². The molecule has 1 aromatic rings. The fourth-order valence-electron chi connectivity index (χ4n) is 1.28. The molecular weight excluding hydrogens is 298 g/mol. The summed E-state index contributed by atoms with van der Waals surface area (Å²) in [7, 11) is 0. The fourth-order valence-corrected chi connectivity index (χ4v) is 1.63. The molecule has 0 aliphatic carbocycles. The van der Waals surface area contributed by atoms with Gasteiger partial charge in [-0.3, -0.25) is 4.79 Å². The molecule has 1 amide bonds. The highest BCUT2D eigenvalue weighted by Gasteiger charge is 2.13. The zero-order valence-corrected chi connectivity index (χ0v) is 12.0. The van der Waals surface area contributed by atoms with Crippen molar-refractivity contribution in [3.8, 4) is 0 Å². The van der Waals surface area contributed by atoms with Crippen molar-refractivity contribution in [2.24, 2.45) is 0 Å². The molecule has 1 rings (SSSR count). The van der Waals surface area contributed by atoms with Gasteiger partial charge in [0.05, 0.1) is 5.69 Å². The molecule has 96 valence electrons. The Balaban J connectivity index is 2.98. The third-order valence-electron chi connectivity index (χ3n) is 2.59. The second kappa shape index (κ2) is 5.82. The fraction of sp³-hybridized carbons (Fsp3) is 0.231. The van der Waals surface area contributed by atoms with Crippen molar-refractivity contribution in [2.75, 3.05) is 5.32 Å². The van der Waals surface area contributed by atoms with Crippen molar-refractivity contribution in [2.45, 2.75) is 20.8 Å². The van der Waals surface area contributed by atoms with Gasteiger partial charge in [-0.05, 0) is 54.4 Å². The van der Waals surface area contributed by atoms with Gasteiger partial charge in [0.25, 0.3) is 5.91 Å². The number of aliphatic carboxylic acids is 1. The average molecular weight is 312 g/mol. The zero-order chi connectivity index (χ0) is 13.9. The number of anilines is 1. The molecule has 0 aromatic heterocycles. The van der Waals surface area contributed by atoms with Crippen LogP contribution in [0.15, 0.2) is 33.8 Å². The van der Waals surface area contributed by atoms with E-state index in [4.69, 9.17) is 5.11 Å². The number of benzene rings is 1. The quantitative estimate of drug-likeness (QED) is 0.843. The van der Waals surface area contributed by atoms with E-state index in [2.05, 4.69) is 21.2 Å². The number of carboxylic acids is 1. The summed E-state index contributed by atoms with van der Waals surface area (Å²) in [6.07, 6.45) is 0. The van der Waals surface area contributed by atoms with E-state index >= 15 is 0 Å². The smallest absolute Gasteiger partial charge is 0.331 e. The number of aryl methyl sites for hydroxylation is 1. The van der Waals surface area contributed by atoms with Crippen LogP contribution in [0.25, 0.3) is 0 Å². The number of carboxylic acid groups (broad SMARTS) is 1. The Hall–Kier alpha value is -1.62. The highest BCUT2D eigenvalue weighted by atomic mass is 79.9. The molecule has 0 bridgehead atoms. The van der Waals surface area contributed by atoms with Crippen LogP contribution in [0.5, 0.6) is 0 Å². The van der Waals surface area contributed by atoms with Gasteiger partial charge >= 0.3 is 5.97 Å². The van der Waals surface area contributed by atoms with Crippen LogP contribution in [0.3, 0.4) is 0 Å². The number of amides is 1. The third-order valence-corrected chi connectivity index (χ3v) is 3.29. The van der Waals surface area contributed by atoms with E-state index in [-0.39, 0.29) is 11.1 Å². The molecule has 0 heterocycles. The lowest BCUT2D eigenvalue weighted by molar-refractivity contribution is -0.133. The topological polar surface area (TPSA) is 66.4 Å². The number of carbonyl (C=O) groups is 2. The Morgan fingerprint density at radius 1 is 1.22 bits per heavy atom. The largest absolute Gasteiger partial charge is 0.478 e. The number of hydrogen-bond donors (Lipinski definition) is 2. The maximum Gasteiger partial charge on any atom is 0.331 e. The third kappa shape index (κ3) is 3.43. The van der Waals surface area contributed by atoms with Crippen LogP contribution in [0.4, 0.5) is 5.69 Å². The molecule has 5 heteroatoms. The van der Waals surface area contributed by atoms with Gasteiger partial charge in [-0.25, -0.2) is 4.79 Å². The maximum absolute atomic E-state index is 11.9. The molecule has 1 aromatic carbocycles. The summed E-state index contributed by atoms with van der Waals surface area (Å²) in [4.78, 5) is 22.6. The van der Waals surface area contributed by atoms with Crippen molar-refractivity contribution in [3.05, 3.63) is 39.4 Å². The van der Waals surface area contributed by atoms with Crippen LogP contribution >= 0.6 is 15.9 Å². The first-order valence-electron chi connectivity index (χ1n) is 5.31. The Morgan fingerprint density at radius 3 is 2.39 bits per heavy atom. The minimum atomic E-state index is -1.09. The predicted octanol–water partition coefficient (Wildman–Crippen LogP) is 3.12. The number of carbonyl (C=O) groups excluding carboxylic acids is 1. The number of hydrogen-bond acceptors (Lipinski definition) is 2. The Bertz CT molecular complexity index is 535. The van der Waals surface area contributed by atoms with Gasteiger partial charge in [-0.15, -0.1) is 0 Å². The molecule has 18 heavy (non-hydrogen) atoms. The van der Waals surface area contributed by atoms with E-state index in [1.807, 2.05) is 25.1 Å².